The summed E-state index contributed by atoms with van der Waals surface area (Å²) in [6, 6.07) is 0.453. The molecule has 1 fully saturated rings. The molecule has 1 rings (SSSR count). The first-order valence-electron chi connectivity index (χ1n) is 4.47. The van der Waals surface area contributed by atoms with Gasteiger partial charge >= 0.3 is 0 Å². The molecule has 3 N–H and O–H groups in total. The van der Waals surface area contributed by atoms with Gasteiger partial charge in [0.15, 0.2) is 5.96 Å². The maximum atomic E-state index is 5.61. The normalized spacial score (nSPS) is 20.9. The van der Waals surface area contributed by atoms with Crippen molar-refractivity contribution in [2.75, 3.05) is 19.8 Å². The molecule has 4 nitrogen and oxygen atoms in total. The fourth-order valence-electron chi connectivity index (χ4n) is 1.27. The molecule has 0 unspecified atom stereocenters. The van der Waals surface area contributed by atoms with Crippen LogP contribution in [0.5, 0.6) is 0 Å². The standard InChI is InChI=1S/C8H17N3O/c1-2-10-8(9)11-7-3-5-12-6-4-7/h7H,2-6H2,1H3,(H3,9,10,11). The Labute approximate surface area is 73.2 Å². The number of hydrogen-bond donors (Lipinski definition) is 2. The van der Waals surface area contributed by atoms with E-state index in [-0.39, 0.29) is 0 Å². The third kappa shape index (κ3) is 3.09. The topological polar surface area (TPSA) is 59.6 Å². The lowest BCUT2D eigenvalue weighted by Crippen LogP contribution is -2.43. The molecule has 1 aliphatic rings. The Kier molecular flexibility index (Phi) is 3.87. The number of ether oxygens (including phenoxy) is 1. The number of guanidine groups is 1. The zero-order chi connectivity index (χ0) is 8.81. The Bertz CT molecular complexity index is 152. The Morgan fingerprint density at radius 2 is 2.25 bits per heavy atom. The lowest BCUT2D eigenvalue weighted by atomic mass is 10.1. The smallest absolute Gasteiger partial charge is 0.188 e. The summed E-state index contributed by atoms with van der Waals surface area (Å²) in [6.45, 7) is 4.37. The second kappa shape index (κ2) is 4.98. The van der Waals surface area contributed by atoms with Gasteiger partial charge in [0, 0.05) is 25.8 Å². The van der Waals surface area contributed by atoms with E-state index in [1.165, 1.54) is 0 Å². The molecule has 12 heavy (non-hydrogen) atoms. The number of nitrogens with zero attached hydrogens (tertiary/aromatic N) is 1. The Morgan fingerprint density at radius 1 is 1.58 bits per heavy atom. The molecule has 0 saturated carbocycles. The van der Waals surface area contributed by atoms with Gasteiger partial charge in [0.1, 0.15) is 0 Å². The van der Waals surface area contributed by atoms with E-state index in [0.717, 1.165) is 32.6 Å². The highest BCUT2D eigenvalue weighted by Crippen LogP contribution is 2.05. The van der Waals surface area contributed by atoms with Crippen molar-refractivity contribution in [2.24, 2.45) is 10.7 Å². The SMILES string of the molecule is CCN=C(N)NC1CCOCC1. The van der Waals surface area contributed by atoms with Gasteiger partial charge in [-0.25, -0.2) is 0 Å². The minimum Gasteiger partial charge on any atom is -0.381 e. The summed E-state index contributed by atoms with van der Waals surface area (Å²) < 4.78 is 5.22. The molecular weight excluding hydrogens is 154 g/mol. The lowest BCUT2D eigenvalue weighted by molar-refractivity contribution is 0.0824. The van der Waals surface area contributed by atoms with E-state index in [0.29, 0.717) is 12.0 Å². The number of aliphatic imine (C=N–C) groups is 1. The Morgan fingerprint density at radius 3 is 2.83 bits per heavy atom. The largest absolute Gasteiger partial charge is 0.381 e. The van der Waals surface area contributed by atoms with Crippen LogP contribution in [0.4, 0.5) is 0 Å². The van der Waals surface area contributed by atoms with Crippen LogP contribution in [0.15, 0.2) is 4.99 Å². The third-order valence-electron chi connectivity index (χ3n) is 1.90. The Hall–Kier alpha value is -0.770. The molecule has 1 heterocycles. The fourth-order valence-corrected chi connectivity index (χ4v) is 1.27. The van der Waals surface area contributed by atoms with Crippen molar-refractivity contribution in [1.29, 1.82) is 0 Å². The van der Waals surface area contributed by atoms with Gasteiger partial charge in [0.25, 0.3) is 0 Å². The minimum atomic E-state index is 0.453. The van der Waals surface area contributed by atoms with Crippen LogP contribution in [0.1, 0.15) is 19.8 Å². The molecule has 0 amide bonds. The Balaban J connectivity index is 2.24. The maximum Gasteiger partial charge on any atom is 0.188 e. The quantitative estimate of drug-likeness (QED) is 0.457. The van der Waals surface area contributed by atoms with E-state index >= 15 is 0 Å². The third-order valence-corrected chi connectivity index (χ3v) is 1.90. The molecule has 0 aromatic carbocycles. The molecule has 0 radical (unpaired) electrons. The first-order valence-corrected chi connectivity index (χ1v) is 4.47. The van der Waals surface area contributed by atoms with Crippen molar-refractivity contribution in [3.63, 3.8) is 0 Å². The number of nitrogens with one attached hydrogen (secondary N) is 1. The van der Waals surface area contributed by atoms with Gasteiger partial charge in [-0.2, -0.15) is 0 Å². The average Bonchev–Trinajstić information content (AvgIpc) is 2.06. The predicted octanol–water partition coefficient (Wildman–Crippen LogP) is 0.0896. The lowest BCUT2D eigenvalue weighted by Gasteiger charge is -2.23. The summed E-state index contributed by atoms with van der Waals surface area (Å²) in [5.74, 6) is 0.560. The van der Waals surface area contributed by atoms with Crippen molar-refractivity contribution in [3.8, 4) is 0 Å². The van der Waals surface area contributed by atoms with Gasteiger partial charge < -0.3 is 15.8 Å². The highest BCUT2D eigenvalue weighted by molar-refractivity contribution is 5.78. The second-order valence-electron chi connectivity index (χ2n) is 2.89. The molecule has 0 atom stereocenters. The molecule has 0 aromatic rings. The second-order valence-corrected chi connectivity index (χ2v) is 2.89. The molecule has 0 bridgehead atoms. The van der Waals surface area contributed by atoms with E-state index in [2.05, 4.69) is 10.3 Å². The van der Waals surface area contributed by atoms with Crippen LogP contribution in [0.3, 0.4) is 0 Å². The molecule has 0 aliphatic carbocycles. The number of hydrogen-bond acceptors (Lipinski definition) is 2. The van der Waals surface area contributed by atoms with Crippen LogP contribution in [0.25, 0.3) is 0 Å². The molecule has 0 spiro atoms. The highest BCUT2D eigenvalue weighted by atomic mass is 16.5. The van der Waals surface area contributed by atoms with E-state index in [9.17, 15) is 0 Å². The summed E-state index contributed by atoms with van der Waals surface area (Å²) in [6.07, 6.45) is 2.06. The van der Waals surface area contributed by atoms with E-state index in [4.69, 9.17) is 10.5 Å². The summed E-state index contributed by atoms with van der Waals surface area (Å²) >= 11 is 0. The van der Waals surface area contributed by atoms with E-state index < -0.39 is 0 Å². The molecule has 1 saturated heterocycles. The van der Waals surface area contributed by atoms with Crippen LogP contribution in [-0.2, 0) is 4.74 Å². The summed E-state index contributed by atoms with van der Waals surface area (Å²) in [4.78, 5) is 4.06. The van der Waals surface area contributed by atoms with Crippen LogP contribution in [0.2, 0.25) is 0 Å². The van der Waals surface area contributed by atoms with Crippen LogP contribution >= 0.6 is 0 Å². The van der Waals surface area contributed by atoms with Crippen molar-refractivity contribution >= 4 is 5.96 Å². The number of rotatable bonds is 2. The summed E-state index contributed by atoms with van der Waals surface area (Å²) in [5, 5.41) is 3.17. The van der Waals surface area contributed by atoms with Crippen molar-refractivity contribution in [2.45, 2.75) is 25.8 Å². The molecule has 4 heteroatoms. The summed E-state index contributed by atoms with van der Waals surface area (Å²) in [5.41, 5.74) is 5.61. The van der Waals surface area contributed by atoms with Crippen molar-refractivity contribution in [3.05, 3.63) is 0 Å². The monoisotopic (exact) mass is 171 g/mol. The minimum absolute atomic E-state index is 0.453. The fraction of sp³-hybridized carbons (Fsp3) is 0.875. The van der Waals surface area contributed by atoms with Gasteiger partial charge in [-0.15, -0.1) is 0 Å². The molecule has 1 aliphatic heterocycles. The highest BCUT2D eigenvalue weighted by Gasteiger charge is 2.13. The molecule has 70 valence electrons. The van der Waals surface area contributed by atoms with Gasteiger partial charge in [0.2, 0.25) is 0 Å². The first kappa shape index (κ1) is 9.32. The van der Waals surface area contributed by atoms with E-state index in [1.54, 1.807) is 0 Å². The van der Waals surface area contributed by atoms with Crippen LogP contribution in [-0.4, -0.2) is 31.8 Å². The molecule has 0 aromatic heterocycles. The molecular formula is C8H17N3O. The number of nitrogens with two attached hydrogens (primary N) is 1. The van der Waals surface area contributed by atoms with Gasteiger partial charge in [-0.3, -0.25) is 4.99 Å². The van der Waals surface area contributed by atoms with Crippen molar-refractivity contribution < 1.29 is 4.74 Å². The maximum absolute atomic E-state index is 5.61. The zero-order valence-corrected chi connectivity index (χ0v) is 7.55. The predicted molar refractivity (Wildman–Crippen MR) is 49.1 cm³/mol. The first-order chi connectivity index (χ1) is 5.83. The van der Waals surface area contributed by atoms with Gasteiger partial charge in [0.05, 0.1) is 0 Å². The van der Waals surface area contributed by atoms with E-state index in [1.807, 2.05) is 6.92 Å². The van der Waals surface area contributed by atoms with Gasteiger partial charge in [-0.1, -0.05) is 0 Å². The van der Waals surface area contributed by atoms with Crippen LogP contribution < -0.4 is 11.1 Å². The average molecular weight is 171 g/mol. The zero-order valence-electron chi connectivity index (χ0n) is 7.55. The van der Waals surface area contributed by atoms with Gasteiger partial charge in [-0.05, 0) is 19.8 Å². The summed E-state index contributed by atoms with van der Waals surface area (Å²) in [7, 11) is 0. The van der Waals surface area contributed by atoms with Crippen LogP contribution in [0, 0.1) is 0 Å². The van der Waals surface area contributed by atoms with Crippen molar-refractivity contribution in [1.82, 2.24) is 5.32 Å².